The second-order valence-electron chi connectivity index (χ2n) is 5.96. The van der Waals surface area contributed by atoms with Gasteiger partial charge in [0.25, 0.3) is 5.91 Å². The van der Waals surface area contributed by atoms with Crippen molar-refractivity contribution in [2.75, 3.05) is 18.4 Å². The largest absolute Gasteiger partial charge is 0.385 e. The quantitative estimate of drug-likeness (QED) is 0.625. The van der Waals surface area contributed by atoms with Crippen LogP contribution in [0.2, 0.25) is 0 Å². The van der Waals surface area contributed by atoms with Crippen LogP contribution in [0.4, 0.5) is 5.69 Å². The molecule has 0 aliphatic rings. The smallest absolute Gasteiger partial charge is 0.251 e. The molecule has 0 heterocycles. The van der Waals surface area contributed by atoms with Crippen molar-refractivity contribution in [3.63, 3.8) is 0 Å². The van der Waals surface area contributed by atoms with Gasteiger partial charge in [0, 0.05) is 24.3 Å². The molecule has 0 unspecified atom stereocenters. The van der Waals surface area contributed by atoms with Gasteiger partial charge in [-0.15, -0.1) is 0 Å². The van der Waals surface area contributed by atoms with E-state index in [4.69, 9.17) is 0 Å². The molecule has 0 radical (unpaired) electrons. The summed E-state index contributed by atoms with van der Waals surface area (Å²) in [5.41, 5.74) is 1.79. The predicted octanol–water partition coefficient (Wildman–Crippen LogP) is 4.45. The molecule has 0 aliphatic carbocycles. The molecule has 118 valence electrons. The third-order valence-corrected chi connectivity index (χ3v) is 3.52. The third-order valence-electron chi connectivity index (χ3n) is 3.52. The maximum absolute atomic E-state index is 12.0. The summed E-state index contributed by atoms with van der Waals surface area (Å²) >= 11 is 0. The Kier molecular flexibility index (Phi) is 8.56. The molecule has 0 atom stereocenters. The first-order valence-electron chi connectivity index (χ1n) is 8.25. The zero-order valence-corrected chi connectivity index (χ0v) is 13.7. The fourth-order valence-corrected chi connectivity index (χ4v) is 2.28. The van der Waals surface area contributed by atoms with Crippen LogP contribution in [-0.4, -0.2) is 19.0 Å². The normalized spacial score (nSPS) is 10.7. The van der Waals surface area contributed by atoms with Crippen molar-refractivity contribution in [3.8, 4) is 0 Å². The van der Waals surface area contributed by atoms with E-state index in [1.54, 1.807) is 0 Å². The van der Waals surface area contributed by atoms with E-state index in [9.17, 15) is 4.79 Å². The van der Waals surface area contributed by atoms with Crippen molar-refractivity contribution in [3.05, 3.63) is 29.8 Å². The van der Waals surface area contributed by atoms with Gasteiger partial charge in [-0.2, -0.15) is 0 Å². The van der Waals surface area contributed by atoms with E-state index in [0.29, 0.717) is 0 Å². The number of hydrogen-bond acceptors (Lipinski definition) is 2. The summed E-state index contributed by atoms with van der Waals surface area (Å²) in [6.45, 7) is 8.25. The van der Waals surface area contributed by atoms with Crippen molar-refractivity contribution in [2.24, 2.45) is 5.92 Å². The molecular formula is C18H30N2O. The van der Waals surface area contributed by atoms with Crippen molar-refractivity contribution in [2.45, 2.75) is 52.9 Å². The van der Waals surface area contributed by atoms with E-state index < -0.39 is 0 Å². The van der Waals surface area contributed by atoms with Crippen molar-refractivity contribution in [1.82, 2.24) is 5.32 Å². The van der Waals surface area contributed by atoms with Crippen molar-refractivity contribution in [1.29, 1.82) is 0 Å². The summed E-state index contributed by atoms with van der Waals surface area (Å²) < 4.78 is 0. The Labute approximate surface area is 129 Å². The topological polar surface area (TPSA) is 41.1 Å². The summed E-state index contributed by atoms with van der Waals surface area (Å²) in [7, 11) is 0. The number of carbonyl (C=O) groups is 1. The minimum Gasteiger partial charge on any atom is -0.385 e. The molecule has 3 nitrogen and oxygen atoms in total. The Morgan fingerprint density at radius 2 is 1.71 bits per heavy atom. The fourth-order valence-electron chi connectivity index (χ4n) is 2.28. The number of nitrogens with one attached hydrogen (secondary N) is 2. The summed E-state index contributed by atoms with van der Waals surface area (Å²) in [6.07, 6.45) is 6.15. The summed E-state index contributed by atoms with van der Waals surface area (Å²) in [5.74, 6) is 0.829. The Morgan fingerprint density at radius 1 is 1.05 bits per heavy atom. The van der Waals surface area contributed by atoms with Crippen LogP contribution >= 0.6 is 0 Å². The van der Waals surface area contributed by atoms with Gasteiger partial charge >= 0.3 is 0 Å². The van der Waals surface area contributed by atoms with Crippen LogP contribution in [0.15, 0.2) is 24.3 Å². The summed E-state index contributed by atoms with van der Waals surface area (Å²) in [6, 6.07) is 7.64. The van der Waals surface area contributed by atoms with Gasteiger partial charge in [0.05, 0.1) is 0 Å². The Morgan fingerprint density at radius 3 is 2.33 bits per heavy atom. The second kappa shape index (κ2) is 10.3. The van der Waals surface area contributed by atoms with Gasteiger partial charge in [-0.25, -0.2) is 0 Å². The lowest BCUT2D eigenvalue weighted by molar-refractivity contribution is 0.0953. The molecule has 0 saturated carbocycles. The lowest BCUT2D eigenvalue weighted by Gasteiger charge is -2.07. The highest BCUT2D eigenvalue weighted by molar-refractivity contribution is 5.94. The average molecular weight is 290 g/mol. The van der Waals surface area contributed by atoms with Crippen LogP contribution in [-0.2, 0) is 0 Å². The minimum atomic E-state index is 0.0280. The van der Waals surface area contributed by atoms with Gasteiger partial charge < -0.3 is 10.6 Å². The molecule has 0 bridgehead atoms. The number of amides is 1. The third kappa shape index (κ3) is 7.74. The number of rotatable bonds is 10. The van der Waals surface area contributed by atoms with Crippen LogP contribution < -0.4 is 10.6 Å². The second-order valence-corrected chi connectivity index (χ2v) is 5.96. The van der Waals surface area contributed by atoms with Crippen LogP contribution in [0, 0.1) is 5.92 Å². The fraction of sp³-hybridized carbons (Fsp3) is 0.611. The molecule has 21 heavy (non-hydrogen) atoms. The maximum atomic E-state index is 12.0. The molecular weight excluding hydrogens is 260 g/mol. The van der Waals surface area contributed by atoms with Gasteiger partial charge in [0.2, 0.25) is 0 Å². The first-order chi connectivity index (χ1) is 10.1. The maximum Gasteiger partial charge on any atom is 0.251 e. The van der Waals surface area contributed by atoms with Crippen molar-refractivity contribution < 1.29 is 4.79 Å². The Bertz CT molecular complexity index is 398. The molecule has 0 aromatic heterocycles. The number of hydrogen-bond donors (Lipinski definition) is 2. The van der Waals surface area contributed by atoms with E-state index in [2.05, 4.69) is 31.4 Å². The average Bonchev–Trinajstić information content (AvgIpc) is 2.47. The Balaban J connectivity index is 2.15. The molecule has 0 aliphatic heterocycles. The van der Waals surface area contributed by atoms with Crippen LogP contribution in [0.1, 0.15) is 63.2 Å². The zero-order chi connectivity index (χ0) is 15.5. The monoisotopic (exact) mass is 290 g/mol. The molecule has 2 N–H and O–H groups in total. The van der Waals surface area contributed by atoms with Crippen LogP contribution in [0.3, 0.4) is 0 Å². The van der Waals surface area contributed by atoms with Gasteiger partial charge in [-0.05, 0) is 43.5 Å². The molecule has 0 fully saturated rings. The number of benzene rings is 1. The summed E-state index contributed by atoms with van der Waals surface area (Å²) in [4.78, 5) is 12.0. The first kappa shape index (κ1) is 17.5. The highest BCUT2D eigenvalue weighted by atomic mass is 16.1. The van der Waals surface area contributed by atoms with E-state index in [1.807, 2.05) is 24.3 Å². The molecule has 1 rings (SSSR count). The number of carbonyl (C=O) groups excluding carboxylic acids is 1. The summed E-state index contributed by atoms with van der Waals surface area (Å²) in [5, 5.41) is 6.21. The number of unbranched alkanes of at least 4 members (excludes halogenated alkanes) is 3. The highest BCUT2D eigenvalue weighted by Gasteiger charge is 2.04. The van der Waals surface area contributed by atoms with E-state index in [0.717, 1.165) is 36.7 Å². The zero-order valence-electron chi connectivity index (χ0n) is 13.7. The highest BCUT2D eigenvalue weighted by Crippen LogP contribution is 2.10. The molecule has 1 aromatic carbocycles. The van der Waals surface area contributed by atoms with E-state index >= 15 is 0 Å². The molecule has 0 saturated heterocycles. The standard InChI is InChI=1S/C18H30N2O/c1-4-19-17-12-10-16(11-13-17)18(21)20-14-8-6-5-7-9-15(2)3/h10-13,15,19H,4-9,14H2,1-3H3,(H,20,21). The number of anilines is 1. The van der Waals surface area contributed by atoms with E-state index in [1.165, 1.54) is 25.7 Å². The van der Waals surface area contributed by atoms with Crippen molar-refractivity contribution >= 4 is 11.6 Å². The molecule has 0 spiro atoms. The van der Waals surface area contributed by atoms with Crippen LogP contribution in [0.25, 0.3) is 0 Å². The molecule has 3 heteroatoms. The lowest BCUT2D eigenvalue weighted by Crippen LogP contribution is -2.24. The van der Waals surface area contributed by atoms with Crippen LogP contribution in [0.5, 0.6) is 0 Å². The molecule has 1 aromatic rings. The van der Waals surface area contributed by atoms with E-state index in [-0.39, 0.29) is 5.91 Å². The molecule has 1 amide bonds. The van der Waals surface area contributed by atoms with Gasteiger partial charge in [-0.1, -0.05) is 39.5 Å². The SMILES string of the molecule is CCNc1ccc(C(=O)NCCCCCCC(C)C)cc1. The van der Waals surface area contributed by atoms with Gasteiger partial charge in [-0.3, -0.25) is 4.79 Å². The predicted molar refractivity (Wildman–Crippen MR) is 90.9 cm³/mol. The lowest BCUT2D eigenvalue weighted by atomic mass is 10.0. The van der Waals surface area contributed by atoms with Gasteiger partial charge in [0.15, 0.2) is 0 Å². The first-order valence-corrected chi connectivity index (χ1v) is 8.25. The van der Waals surface area contributed by atoms with Gasteiger partial charge in [0.1, 0.15) is 0 Å². The Hall–Kier alpha value is -1.51. The minimum absolute atomic E-state index is 0.0280.